The van der Waals surface area contributed by atoms with Crippen LogP contribution in [0.1, 0.15) is 42.0 Å². The molecular weight excluding hydrogens is 543 g/mol. The number of nitrogens with zero attached hydrogens (tertiary/aromatic N) is 1. The molecule has 8 heteroatoms. The summed E-state index contributed by atoms with van der Waals surface area (Å²) in [6.45, 7) is 6.29. The minimum absolute atomic E-state index is 0.163. The molecule has 0 saturated carbocycles. The monoisotopic (exact) mass is 574 g/mol. The van der Waals surface area contributed by atoms with Crippen molar-refractivity contribution >= 4 is 46.6 Å². The average Bonchev–Trinajstić information content (AvgIpc) is 2.90. The summed E-state index contributed by atoms with van der Waals surface area (Å²) in [4.78, 5) is 28.7. The van der Waals surface area contributed by atoms with Crippen molar-refractivity contribution in [1.29, 1.82) is 0 Å². The van der Waals surface area contributed by atoms with E-state index < -0.39 is 6.04 Å². The standard InChI is InChI=1S/C30H33Cl3N2O3/c1-4-5-13-34-30(37)27(17-22-9-7-6-8-10-22)35(18-23-11-12-25(31)26(32)16-23)28(36)19-38-24-14-20(2)29(33)21(3)15-24/h6-12,14-16,27H,4-5,13,17-19H2,1-3H3,(H,34,37)/t27-/m1/s1. The first-order valence-electron chi connectivity index (χ1n) is 12.6. The zero-order valence-corrected chi connectivity index (χ0v) is 24.2. The lowest BCUT2D eigenvalue weighted by atomic mass is 10.0. The molecule has 0 spiro atoms. The summed E-state index contributed by atoms with van der Waals surface area (Å²) in [5.41, 5.74) is 3.42. The molecule has 0 heterocycles. The van der Waals surface area contributed by atoms with Crippen LogP contribution < -0.4 is 10.1 Å². The van der Waals surface area contributed by atoms with E-state index in [-0.39, 0.29) is 25.0 Å². The van der Waals surface area contributed by atoms with E-state index in [0.717, 1.165) is 35.1 Å². The lowest BCUT2D eigenvalue weighted by Crippen LogP contribution is -2.51. The number of carbonyl (C=O) groups excluding carboxylic acids is 2. The second-order valence-electron chi connectivity index (χ2n) is 9.28. The SMILES string of the molecule is CCCCNC(=O)[C@@H](Cc1ccccc1)N(Cc1ccc(Cl)c(Cl)c1)C(=O)COc1cc(C)c(Cl)c(C)c1. The van der Waals surface area contributed by atoms with Crippen LogP contribution in [0.15, 0.2) is 60.7 Å². The molecule has 38 heavy (non-hydrogen) atoms. The largest absolute Gasteiger partial charge is 0.484 e. The molecule has 0 unspecified atom stereocenters. The molecule has 0 aliphatic rings. The van der Waals surface area contributed by atoms with Gasteiger partial charge in [0, 0.05) is 24.5 Å². The number of ether oxygens (including phenoxy) is 1. The van der Waals surface area contributed by atoms with Crippen molar-refractivity contribution in [3.63, 3.8) is 0 Å². The molecule has 202 valence electrons. The fourth-order valence-corrected chi connectivity index (χ4v) is 4.54. The third-order valence-corrected chi connectivity index (χ3v) is 7.55. The first kappa shape index (κ1) is 29.8. The Bertz CT molecular complexity index is 1230. The van der Waals surface area contributed by atoms with Crippen molar-refractivity contribution in [3.8, 4) is 5.75 Å². The van der Waals surface area contributed by atoms with Crippen molar-refractivity contribution in [2.45, 2.75) is 52.6 Å². The van der Waals surface area contributed by atoms with Gasteiger partial charge in [-0.05, 0) is 66.8 Å². The van der Waals surface area contributed by atoms with Gasteiger partial charge in [0.05, 0.1) is 10.0 Å². The molecule has 0 radical (unpaired) electrons. The van der Waals surface area contributed by atoms with Crippen molar-refractivity contribution in [1.82, 2.24) is 10.2 Å². The van der Waals surface area contributed by atoms with Gasteiger partial charge in [0.2, 0.25) is 5.91 Å². The average molecular weight is 576 g/mol. The zero-order chi connectivity index (χ0) is 27.7. The van der Waals surface area contributed by atoms with Crippen LogP contribution in [0.25, 0.3) is 0 Å². The summed E-state index contributed by atoms with van der Waals surface area (Å²) in [6, 6.07) is 17.7. The Balaban J connectivity index is 1.92. The first-order valence-corrected chi connectivity index (χ1v) is 13.8. The lowest BCUT2D eigenvalue weighted by Gasteiger charge is -2.31. The highest BCUT2D eigenvalue weighted by molar-refractivity contribution is 6.42. The van der Waals surface area contributed by atoms with E-state index in [2.05, 4.69) is 12.2 Å². The molecule has 2 amide bonds. The van der Waals surface area contributed by atoms with Gasteiger partial charge in [-0.1, -0.05) is 84.5 Å². The van der Waals surface area contributed by atoms with Crippen molar-refractivity contribution in [3.05, 3.63) is 98.0 Å². The van der Waals surface area contributed by atoms with Gasteiger partial charge in [0.25, 0.3) is 5.91 Å². The number of amides is 2. The summed E-state index contributed by atoms with van der Waals surface area (Å²) in [7, 11) is 0. The van der Waals surface area contributed by atoms with Gasteiger partial charge in [0.15, 0.2) is 6.61 Å². The predicted octanol–water partition coefficient (Wildman–Crippen LogP) is 7.20. The number of halogens is 3. The molecule has 3 aromatic carbocycles. The van der Waals surface area contributed by atoms with Crippen molar-refractivity contribution < 1.29 is 14.3 Å². The van der Waals surface area contributed by atoms with Crippen LogP contribution in [-0.2, 0) is 22.6 Å². The number of carbonyl (C=O) groups is 2. The molecular formula is C30H33Cl3N2O3. The highest BCUT2D eigenvalue weighted by Crippen LogP contribution is 2.27. The first-order chi connectivity index (χ1) is 18.2. The van der Waals surface area contributed by atoms with Crippen LogP contribution in [-0.4, -0.2) is 35.9 Å². The Morgan fingerprint density at radius 3 is 2.24 bits per heavy atom. The second kappa shape index (κ2) is 14.4. The number of benzene rings is 3. The predicted molar refractivity (Wildman–Crippen MR) is 155 cm³/mol. The van der Waals surface area contributed by atoms with Crippen molar-refractivity contribution in [2.24, 2.45) is 0 Å². The molecule has 5 nitrogen and oxygen atoms in total. The summed E-state index contributed by atoms with van der Waals surface area (Å²) in [6.07, 6.45) is 2.15. The van der Waals surface area contributed by atoms with E-state index in [1.807, 2.05) is 44.2 Å². The smallest absolute Gasteiger partial charge is 0.261 e. The number of rotatable bonds is 12. The zero-order valence-electron chi connectivity index (χ0n) is 21.9. The molecule has 1 N–H and O–H groups in total. The van der Waals surface area contributed by atoms with Gasteiger partial charge in [0.1, 0.15) is 11.8 Å². The molecule has 0 fully saturated rings. The Kier molecular flexibility index (Phi) is 11.3. The van der Waals surface area contributed by atoms with Gasteiger partial charge in [-0.2, -0.15) is 0 Å². The Hall–Kier alpha value is -2.73. The Morgan fingerprint density at radius 2 is 1.61 bits per heavy atom. The van der Waals surface area contributed by atoms with E-state index >= 15 is 0 Å². The maximum absolute atomic E-state index is 13.7. The topological polar surface area (TPSA) is 58.6 Å². The van der Waals surface area contributed by atoms with Crippen LogP contribution in [0, 0.1) is 13.8 Å². The number of unbranched alkanes of at least 4 members (excludes halogenated alkanes) is 1. The third-order valence-electron chi connectivity index (χ3n) is 6.21. The van der Waals surface area contributed by atoms with E-state index in [9.17, 15) is 9.59 Å². The number of aryl methyl sites for hydroxylation is 2. The van der Waals surface area contributed by atoms with Gasteiger partial charge in [-0.3, -0.25) is 9.59 Å². The van der Waals surface area contributed by atoms with Gasteiger partial charge >= 0.3 is 0 Å². The van der Waals surface area contributed by atoms with Gasteiger partial charge in [-0.15, -0.1) is 0 Å². The van der Waals surface area contributed by atoms with Crippen LogP contribution in [0.3, 0.4) is 0 Å². The Labute approximate surface area is 240 Å². The summed E-state index contributed by atoms with van der Waals surface area (Å²) in [5.74, 6) is 0.000964. The maximum Gasteiger partial charge on any atom is 0.261 e. The third kappa shape index (κ3) is 8.39. The quantitative estimate of drug-likeness (QED) is 0.232. The van der Waals surface area contributed by atoms with Crippen molar-refractivity contribution in [2.75, 3.05) is 13.2 Å². The van der Waals surface area contributed by atoms with E-state index in [0.29, 0.717) is 33.8 Å². The number of hydrogen-bond acceptors (Lipinski definition) is 3. The highest BCUT2D eigenvalue weighted by Gasteiger charge is 2.30. The molecule has 0 aromatic heterocycles. The molecule has 0 aliphatic heterocycles. The van der Waals surface area contributed by atoms with Gasteiger partial charge in [-0.25, -0.2) is 0 Å². The minimum Gasteiger partial charge on any atom is -0.484 e. The maximum atomic E-state index is 13.7. The van der Waals surface area contributed by atoms with E-state index in [1.54, 1.807) is 35.2 Å². The van der Waals surface area contributed by atoms with Crippen LogP contribution in [0.4, 0.5) is 0 Å². The normalized spacial score (nSPS) is 11.6. The second-order valence-corrected chi connectivity index (χ2v) is 10.5. The number of hydrogen-bond donors (Lipinski definition) is 1. The highest BCUT2D eigenvalue weighted by atomic mass is 35.5. The molecule has 0 saturated heterocycles. The fraction of sp³-hybridized carbons (Fsp3) is 0.333. The fourth-order valence-electron chi connectivity index (χ4n) is 4.11. The molecule has 3 aromatic rings. The summed E-state index contributed by atoms with van der Waals surface area (Å²) < 4.78 is 5.90. The van der Waals surface area contributed by atoms with Gasteiger partial charge < -0.3 is 15.0 Å². The molecule has 3 rings (SSSR count). The van der Waals surface area contributed by atoms with E-state index in [1.165, 1.54) is 0 Å². The van der Waals surface area contributed by atoms with Crippen LogP contribution in [0.5, 0.6) is 5.75 Å². The number of nitrogens with one attached hydrogen (secondary N) is 1. The lowest BCUT2D eigenvalue weighted by molar-refractivity contribution is -0.142. The minimum atomic E-state index is -0.756. The molecule has 1 atom stereocenters. The van der Waals surface area contributed by atoms with Crippen LogP contribution in [0.2, 0.25) is 15.1 Å². The molecule has 0 aliphatic carbocycles. The summed E-state index contributed by atoms with van der Waals surface area (Å²) >= 11 is 18.7. The molecule has 0 bridgehead atoms. The Morgan fingerprint density at radius 1 is 0.921 bits per heavy atom. The van der Waals surface area contributed by atoms with E-state index in [4.69, 9.17) is 39.5 Å². The summed E-state index contributed by atoms with van der Waals surface area (Å²) in [5, 5.41) is 4.47. The van der Waals surface area contributed by atoms with Crippen LogP contribution >= 0.6 is 34.8 Å².